The smallest absolute Gasteiger partial charge is 0.342 e. The molecule has 7 heteroatoms. The standard InChI is InChI=1S/C14H12BrClO5/c1-3-19-14(18)12-10(6-15)21-8-4-5-9(20-7(2)17)13(16)11(8)12/h4-5H,3,6H2,1-2H3. The number of halogens is 2. The van der Waals surface area contributed by atoms with Gasteiger partial charge in [0.1, 0.15) is 22.7 Å². The third-order valence-electron chi connectivity index (χ3n) is 2.68. The molecule has 0 saturated carbocycles. The summed E-state index contributed by atoms with van der Waals surface area (Å²) in [5, 5.41) is 0.847. The zero-order valence-electron chi connectivity index (χ0n) is 11.4. The lowest BCUT2D eigenvalue weighted by molar-refractivity contribution is -0.131. The van der Waals surface area contributed by atoms with Crippen LogP contribution in [0.5, 0.6) is 5.75 Å². The molecule has 0 radical (unpaired) electrons. The maximum atomic E-state index is 12.1. The Labute approximate surface area is 134 Å². The minimum Gasteiger partial charge on any atom is -0.462 e. The number of carbonyl (C=O) groups excluding carboxylic acids is 2. The number of hydrogen-bond donors (Lipinski definition) is 0. The first-order valence-electron chi connectivity index (χ1n) is 6.15. The SMILES string of the molecule is CCOC(=O)c1c(CBr)oc2ccc(OC(C)=O)c(Cl)c12. The Kier molecular flexibility index (Phi) is 4.90. The van der Waals surface area contributed by atoms with E-state index in [-0.39, 0.29) is 22.9 Å². The molecule has 0 atom stereocenters. The maximum Gasteiger partial charge on any atom is 0.342 e. The number of fused-ring (bicyclic) bond motifs is 1. The third-order valence-corrected chi connectivity index (χ3v) is 3.57. The van der Waals surface area contributed by atoms with Crippen LogP contribution in [0.25, 0.3) is 11.0 Å². The summed E-state index contributed by atoms with van der Waals surface area (Å²) in [6.07, 6.45) is 0. The van der Waals surface area contributed by atoms with Crippen LogP contribution in [-0.4, -0.2) is 18.5 Å². The van der Waals surface area contributed by atoms with Crippen molar-refractivity contribution in [1.29, 1.82) is 0 Å². The van der Waals surface area contributed by atoms with Gasteiger partial charge in [0.2, 0.25) is 0 Å². The van der Waals surface area contributed by atoms with E-state index in [0.29, 0.717) is 22.1 Å². The van der Waals surface area contributed by atoms with Crippen molar-refractivity contribution in [3.8, 4) is 5.75 Å². The highest BCUT2D eigenvalue weighted by atomic mass is 79.9. The maximum absolute atomic E-state index is 12.1. The van der Waals surface area contributed by atoms with Gasteiger partial charge in [0.25, 0.3) is 0 Å². The van der Waals surface area contributed by atoms with Gasteiger partial charge >= 0.3 is 11.9 Å². The van der Waals surface area contributed by atoms with Crippen molar-refractivity contribution in [2.45, 2.75) is 19.2 Å². The van der Waals surface area contributed by atoms with Gasteiger partial charge in [-0.15, -0.1) is 0 Å². The van der Waals surface area contributed by atoms with Crippen molar-refractivity contribution in [3.63, 3.8) is 0 Å². The molecule has 2 aromatic rings. The van der Waals surface area contributed by atoms with E-state index in [4.69, 9.17) is 25.5 Å². The van der Waals surface area contributed by atoms with Gasteiger partial charge in [0.05, 0.1) is 22.3 Å². The first kappa shape index (κ1) is 15.9. The van der Waals surface area contributed by atoms with Crippen molar-refractivity contribution in [2.24, 2.45) is 0 Å². The molecule has 2 rings (SSSR count). The Bertz CT molecular complexity index is 707. The third kappa shape index (κ3) is 3.06. The number of hydrogen-bond acceptors (Lipinski definition) is 5. The Morgan fingerprint density at radius 2 is 2.10 bits per heavy atom. The molecule has 0 aliphatic carbocycles. The van der Waals surface area contributed by atoms with Crippen LogP contribution in [0.1, 0.15) is 30.0 Å². The van der Waals surface area contributed by atoms with Gasteiger partial charge in [-0.25, -0.2) is 4.79 Å². The van der Waals surface area contributed by atoms with Crippen LogP contribution in [0.2, 0.25) is 5.02 Å². The van der Waals surface area contributed by atoms with Crippen LogP contribution < -0.4 is 4.74 Å². The molecular weight excluding hydrogens is 364 g/mol. The number of ether oxygens (including phenoxy) is 2. The Balaban J connectivity index is 2.68. The molecular formula is C14H12BrClO5. The molecule has 0 amide bonds. The summed E-state index contributed by atoms with van der Waals surface area (Å²) in [4.78, 5) is 23.2. The molecule has 1 aromatic heterocycles. The summed E-state index contributed by atoms with van der Waals surface area (Å²) in [5.74, 6) is -0.458. The molecule has 0 N–H and O–H groups in total. The molecule has 0 bridgehead atoms. The van der Waals surface area contributed by atoms with Crippen molar-refractivity contribution >= 4 is 50.4 Å². The van der Waals surface area contributed by atoms with Gasteiger partial charge in [0, 0.05) is 6.92 Å². The zero-order valence-corrected chi connectivity index (χ0v) is 13.7. The van der Waals surface area contributed by atoms with Crippen LogP contribution in [0.3, 0.4) is 0 Å². The van der Waals surface area contributed by atoms with Crippen LogP contribution in [0.4, 0.5) is 0 Å². The normalized spacial score (nSPS) is 10.7. The highest BCUT2D eigenvalue weighted by molar-refractivity contribution is 9.08. The number of furan rings is 1. The summed E-state index contributed by atoms with van der Waals surface area (Å²) in [5.41, 5.74) is 0.663. The van der Waals surface area contributed by atoms with Crippen LogP contribution in [-0.2, 0) is 14.9 Å². The molecule has 21 heavy (non-hydrogen) atoms. The van der Waals surface area contributed by atoms with E-state index < -0.39 is 11.9 Å². The van der Waals surface area contributed by atoms with Crippen molar-refractivity contribution in [1.82, 2.24) is 0 Å². The highest BCUT2D eigenvalue weighted by Gasteiger charge is 2.25. The Morgan fingerprint density at radius 3 is 2.67 bits per heavy atom. The fourth-order valence-electron chi connectivity index (χ4n) is 1.93. The molecule has 0 aliphatic heterocycles. The largest absolute Gasteiger partial charge is 0.462 e. The number of carbonyl (C=O) groups is 2. The van der Waals surface area contributed by atoms with Crippen molar-refractivity contribution < 1.29 is 23.5 Å². The molecule has 0 aliphatic rings. The predicted molar refractivity (Wildman–Crippen MR) is 81.1 cm³/mol. The van der Waals surface area contributed by atoms with Gasteiger partial charge in [-0.1, -0.05) is 27.5 Å². The first-order chi connectivity index (χ1) is 9.99. The quantitative estimate of drug-likeness (QED) is 0.457. The summed E-state index contributed by atoms with van der Waals surface area (Å²) in [6, 6.07) is 3.11. The minimum atomic E-state index is -0.535. The van der Waals surface area contributed by atoms with E-state index in [1.807, 2.05) is 0 Å². The van der Waals surface area contributed by atoms with Gasteiger partial charge < -0.3 is 13.9 Å². The second-order valence-electron chi connectivity index (χ2n) is 4.10. The van der Waals surface area contributed by atoms with E-state index in [0.717, 1.165) is 0 Å². The van der Waals surface area contributed by atoms with Crippen molar-refractivity contribution in [2.75, 3.05) is 6.61 Å². The highest BCUT2D eigenvalue weighted by Crippen LogP contribution is 2.39. The van der Waals surface area contributed by atoms with Crippen LogP contribution in [0.15, 0.2) is 16.5 Å². The summed E-state index contributed by atoms with van der Waals surface area (Å²) in [7, 11) is 0. The average molecular weight is 376 g/mol. The van der Waals surface area contributed by atoms with E-state index in [2.05, 4.69) is 15.9 Å². The number of alkyl halides is 1. The lowest BCUT2D eigenvalue weighted by Crippen LogP contribution is -2.07. The molecule has 0 unspecified atom stereocenters. The van der Waals surface area contributed by atoms with E-state index in [9.17, 15) is 9.59 Å². The minimum absolute atomic E-state index is 0.140. The second kappa shape index (κ2) is 6.49. The molecule has 0 spiro atoms. The zero-order chi connectivity index (χ0) is 15.6. The lowest BCUT2D eigenvalue weighted by Gasteiger charge is -2.06. The Hall–Kier alpha value is -1.53. The number of rotatable bonds is 4. The average Bonchev–Trinajstić information content (AvgIpc) is 2.81. The van der Waals surface area contributed by atoms with Gasteiger partial charge in [-0.2, -0.15) is 0 Å². The number of benzene rings is 1. The van der Waals surface area contributed by atoms with Crippen LogP contribution >= 0.6 is 27.5 Å². The molecule has 0 saturated heterocycles. The first-order valence-corrected chi connectivity index (χ1v) is 7.64. The predicted octanol–water partition coefficient (Wildman–Crippen LogP) is 4.08. The van der Waals surface area contributed by atoms with Crippen LogP contribution in [0, 0.1) is 0 Å². The number of esters is 2. The monoisotopic (exact) mass is 374 g/mol. The van der Waals surface area contributed by atoms with Crippen molar-refractivity contribution in [3.05, 3.63) is 28.5 Å². The molecule has 5 nitrogen and oxygen atoms in total. The Morgan fingerprint density at radius 1 is 1.38 bits per heavy atom. The summed E-state index contributed by atoms with van der Waals surface area (Å²) in [6.45, 7) is 3.21. The molecule has 0 fully saturated rings. The van der Waals surface area contributed by atoms with E-state index >= 15 is 0 Å². The topological polar surface area (TPSA) is 65.7 Å². The second-order valence-corrected chi connectivity index (χ2v) is 5.04. The molecule has 1 heterocycles. The van der Waals surface area contributed by atoms with Gasteiger partial charge in [-0.05, 0) is 19.1 Å². The summed E-state index contributed by atoms with van der Waals surface area (Å²) >= 11 is 9.50. The fraction of sp³-hybridized carbons (Fsp3) is 0.286. The van der Waals surface area contributed by atoms with E-state index in [1.54, 1.807) is 13.0 Å². The fourth-order valence-corrected chi connectivity index (χ4v) is 2.61. The molecule has 112 valence electrons. The van der Waals surface area contributed by atoms with E-state index in [1.165, 1.54) is 13.0 Å². The molecule has 1 aromatic carbocycles. The van der Waals surface area contributed by atoms with Gasteiger partial charge in [-0.3, -0.25) is 4.79 Å². The van der Waals surface area contributed by atoms with Gasteiger partial charge in [0.15, 0.2) is 0 Å². The summed E-state index contributed by atoms with van der Waals surface area (Å²) < 4.78 is 15.6. The lowest BCUT2D eigenvalue weighted by atomic mass is 10.1.